The van der Waals surface area contributed by atoms with E-state index in [9.17, 15) is 9.59 Å². The van der Waals surface area contributed by atoms with Gasteiger partial charge in [0, 0.05) is 18.0 Å². The molecule has 0 saturated heterocycles. The van der Waals surface area contributed by atoms with Crippen molar-refractivity contribution in [3.05, 3.63) is 40.3 Å². The first-order valence-electron chi connectivity index (χ1n) is 6.85. The summed E-state index contributed by atoms with van der Waals surface area (Å²) in [6.07, 6.45) is 0.788. The summed E-state index contributed by atoms with van der Waals surface area (Å²) in [5.41, 5.74) is 0.158. The van der Waals surface area contributed by atoms with Crippen molar-refractivity contribution >= 4 is 16.7 Å². The van der Waals surface area contributed by atoms with Crippen LogP contribution in [0.1, 0.15) is 37.7 Å². The van der Waals surface area contributed by atoms with Crippen LogP contribution >= 0.6 is 0 Å². The molecule has 5 heteroatoms. The van der Waals surface area contributed by atoms with Crippen LogP contribution in [0, 0.1) is 0 Å². The summed E-state index contributed by atoms with van der Waals surface area (Å²) < 4.78 is 1.37. The van der Waals surface area contributed by atoms with Crippen molar-refractivity contribution in [1.82, 2.24) is 15.1 Å². The fourth-order valence-corrected chi connectivity index (χ4v) is 2.10. The van der Waals surface area contributed by atoms with Crippen molar-refractivity contribution < 1.29 is 4.79 Å². The Morgan fingerprint density at radius 3 is 2.55 bits per heavy atom. The molecule has 106 valence electrons. The average molecular weight is 273 g/mol. The number of amides is 1. The Morgan fingerprint density at radius 2 is 1.95 bits per heavy atom. The second-order valence-corrected chi connectivity index (χ2v) is 5.05. The normalized spacial score (nSPS) is 11.0. The molecule has 0 radical (unpaired) electrons. The minimum Gasteiger partial charge on any atom is -0.348 e. The number of nitrogens with zero attached hydrogens (tertiary/aromatic N) is 2. The van der Waals surface area contributed by atoms with Crippen molar-refractivity contribution in [1.29, 1.82) is 0 Å². The van der Waals surface area contributed by atoms with Gasteiger partial charge in [0.1, 0.15) is 0 Å². The predicted molar refractivity (Wildman–Crippen MR) is 78.9 cm³/mol. The molecule has 1 aromatic heterocycles. The largest absolute Gasteiger partial charge is 0.348 e. The van der Waals surface area contributed by atoms with E-state index in [0.29, 0.717) is 23.0 Å². The molecule has 1 N–H and O–H groups in total. The maximum Gasteiger partial charge on any atom is 0.274 e. The van der Waals surface area contributed by atoms with Crippen molar-refractivity contribution in [3.8, 4) is 0 Å². The van der Waals surface area contributed by atoms with E-state index in [1.54, 1.807) is 24.3 Å². The Kier molecular flexibility index (Phi) is 4.17. The lowest BCUT2D eigenvalue weighted by Gasteiger charge is -2.12. The number of fused-ring (bicyclic) bond motifs is 1. The second kappa shape index (κ2) is 5.86. The maximum atomic E-state index is 12.3. The highest BCUT2D eigenvalue weighted by molar-refractivity contribution is 6.04. The quantitative estimate of drug-likeness (QED) is 0.926. The Morgan fingerprint density at radius 1 is 1.30 bits per heavy atom. The molecular formula is C15H19N3O2. The van der Waals surface area contributed by atoms with Crippen molar-refractivity contribution in [2.75, 3.05) is 0 Å². The number of aryl methyl sites for hydroxylation is 1. The van der Waals surface area contributed by atoms with Crippen LogP contribution in [-0.4, -0.2) is 21.7 Å². The van der Waals surface area contributed by atoms with Gasteiger partial charge < -0.3 is 5.32 Å². The van der Waals surface area contributed by atoms with Crippen LogP contribution in [0.3, 0.4) is 0 Å². The number of rotatable bonds is 4. The molecule has 0 fully saturated rings. The van der Waals surface area contributed by atoms with Gasteiger partial charge in [0.2, 0.25) is 0 Å². The first-order chi connectivity index (χ1) is 9.54. The zero-order valence-electron chi connectivity index (χ0n) is 12.0. The third kappa shape index (κ3) is 2.71. The molecule has 1 heterocycles. The fraction of sp³-hybridized carbons (Fsp3) is 0.400. The topological polar surface area (TPSA) is 64.0 Å². The van der Waals surface area contributed by atoms with Gasteiger partial charge in [-0.2, -0.15) is 5.10 Å². The molecule has 5 nitrogen and oxygen atoms in total. The van der Waals surface area contributed by atoms with Crippen LogP contribution in [0.15, 0.2) is 29.1 Å². The van der Waals surface area contributed by atoms with Gasteiger partial charge in [-0.15, -0.1) is 0 Å². The summed E-state index contributed by atoms with van der Waals surface area (Å²) in [5, 5.41) is 8.19. The zero-order chi connectivity index (χ0) is 14.7. The summed E-state index contributed by atoms with van der Waals surface area (Å²) in [6, 6.07) is 7.12. The number of carbonyl (C=O) groups is 1. The highest BCUT2D eigenvalue weighted by Crippen LogP contribution is 2.13. The summed E-state index contributed by atoms with van der Waals surface area (Å²) in [6.45, 7) is 6.26. The van der Waals surface area contributed by atoms with Crippen LogP contribution in [0.4, 0.5) is 0 Å². The highest BCUT2D eigenvalue weighted by atomic mass is 16.2. The Bertz CT molecular complexity index is 689. The third-order valence-corrected chi connectivity index (χ3v) is 2.94. The van der Waals surface area contributed by atoms with Crippen LogP contribution < -0.4 is 10.9 Å². The van der Waals surface area contributed by atoms with E-state index in [4.69, 9.17) is 0 Å². The lowest BCUT2D eigenvalue weighted by Crippen LogP contribution is -2.34. The molecule has 1 aromatic carbocycles. The van der Waals surface area contributed by atoms with Crippen LogP contribution in [0.2, 0.25) is 0 Å². The number of hydrogen-bond acceptors (Lipinski definition) is 3. The molecule has 0 atom stereocenters. The average Bonchev–Trinajstić information content (AvgIpc) is 2.41. The Balaban J connectivity index is 2.66. The summed E-state index contributed by atoms with van der Waals surface area (Å²) in [5.74, 6) is -0.249. The van der Waals surface area contributed by atoms with Crippen molar-refractivity contribution in [3.63, 3.8) is 0 Å². The summed E-state index contributed by atoms with van der Waals surface area (Å²) >= 11 is 0. The van der Waals surface area contributed by atoms with E-state index < -0.39 is 0 Å². The van der Waals surface area contributed by atoms with E-state index in [-0.39, 0.29) is 17.5 Å². The molecule has 1 amide bonds. The molecule has 0 aliphatic carbocycles. The van der Waals surface area contributed by atoms with Gasteiger partial charge in [-0.3, -0.25) is 9.59 Å². The lowest BCUT2D eigenvalue weighted by atomic mass is 10.1. The third-order valence-electron chi connectivity index (χ3n) is 2.94. The SMILES string of the molecule is CCCn1nc(C(=O)NC(C)C)c2ccccc2c1=O. The fourth-order valence-electron chi connectivity index (χ4n) is 2.10. The van der Waals surface area contributed by atoms with Crippen LogP contribution in [-0.2, 0) is 6.54 Å². The van der Waals surface area contributed by atoms with Crippen LogP contribution in [0.25, 0.3) is 10.8 Å². The smallest absolute Gasteiger partial charge is 0.274 e. The molecular weight excluding hydrogens is 254 g/mol. The van der Waals surface area contributed by atoms with Crippen molar-refractivity contribution in [2.45, 2.75) is 39.8 Å². The number of carbonyl (C=O) groups excluding carboxylic acids is 1. The number of benzene rings is 1. The Labute approximate surface area is 117 Å². The highest BCUT2D eigenvalue weighted by Gasteiger charge is 2.16. The summed E-state index contributed by atoms with van der Waals surface area (Å²) in [7, 11) is 0. The van der Waals surface area contributed by atoms with Crippen LogP contribution in [0.5, 0.6) is 0 Å². The van der Waals surface area contributed by atoms with Gasteiger partial charge in [-0.05, 0) is 26.3 Å². The molecule has 0 aliphatic heterocycles. The van der Waals surface area contributed by atoms with Gasteiger partial charge in [0.15, 0.2) is 5.69 Å². The number of nitrogens with one attached hydrogen (secondary N) is 1. The van der Waals surface area contributed by atoms with E-state index in [1.807, 2.05) is 20.8 Å². The van der Waals surface area contributed by atoms with Gasteiger partial charge in [0.25, 0.3) is 11.5 Å². The van der Waals surface area contributed by atoms with Crippen molar-refractivity contribution in [2.24, 2.45) is 0 Å². The molecule has 0 bridgehead atoms. The van der Waals surface area contributed by atoms with E-state index in [1.165, 1.54) is 4.68 Å². The molecule has 2 aromatic rings. The van der Waals surface area contributed by atoms with Gasteiger partial charge in [-0.25, -0.2) is 4.68 Å². The van der Waals surface area contributed by atoms with Gasteiger partial charge in [0.05, 0.1) is 5.39 Å². The number of hydrogen-bond donors (Lipinski definition) is 1. The predicted octanol–water partition coefficient (Wildman–Crippen LogP) is 1.94. The summed E-state index contributed by atoms with van der Waals surface area (Å²) in [4.78, 5) is 24.5. The molecule has 0 unspecified atom stereocenters. The monoisotopic (exact) mass is 273 g/mol. The van der Waals surface area contributed by atoms with E-state index >= 15 is 0 Å². The molecule has 0 spiro atoms. The zero-order valence-corrected chi connectivity index (χ0v) is 12.0. The standard InChI is InChI=1S/C15H19N3O2/c1-4-9-18-15(20)12-8-6-5-7-11(12)13(17-18)14(19)16-10(2)3/h5-8,10H,4,9H2,1-3H3,(H,16,19). The first kappa shape index (κ1) is 14.2. The molecule has 0 saturated carbocycles. The Hall–Kier alpha value is -2.17. The van der Waals surface area contributed by atoms with Gasteiger partial charge >= 0.3 is 0 Å². The maximum absolute atomic E-state index is 12.3. The number of aromatic nitrogens is 2. The van der Waals surface area contributed by atoms with E-state index in [2.05, 4.69) is 10.4 Å². The van der Waals surface area contributed by atoms with Gasteiger partial charge in [-0.1, -0.05) is 25.1 Å². The molecule has 20 heavy (non-hydrogen) atoms. The molecule has 2 rings (SSSR count). The minimum absolute atomic E-state index is 0.0228. The van der Waals surface area contributed by atoms with E-state index in [0.717, 1.165) is 6.42 Å². The molecule has 0 aliphatic rings. The second-order valence-electron chi connectivity index (χ2n) is 5.05. The minimum atomic E-state index is -0.249. The first-order valence-corrected chi connectivity index (χ1v) is 6.85. The lowest BCUT2D eigenvalue weighted by molar-refractivity contribution is 0.0937.